The zero-order valence-electron chi connectivity index (χ0n) is 20.3. The van der Waals surface area contributed by atoms with Gasteiger partial charge in [0.2, 0.25) is 0 Å². The zero-order valence-corrected chi connectivity index (χ0v) is 21.9. The van der Waals surface area contributed by atoms with E-state index >= 15 is 0 Å². The van der Waals surface area contributed by atoms with Crippen LogP contribution in [0.15, 0.2) is 72.8 Å². The van der Waals surface area contributed by atoms with E-state index in [1.54, 1.807) is 0 Å². The first-order valence-corrected chi connectivity index (χ1v) is 14.0. The Labute approximate surface area is 230 Å². The van der Waals surface area contributed by atoms with Crippen molar-refractivity contribution < 1.29 is 14.3 Å². The highest BCUT2D eigenvalue weighted by Crippen LogP contribution is 2.51. The number of hydrogen-bond donors (Lipinski definition) is 2. The van der Waals surface area contributed by atoms with E-state index in [2.05, 4.69) is 69.1 Å². The molecule has 6 aromatic rings. The van der Waals surface area contributed by atoms with Gasteiger partial charge in [-0.2, -0.15) is 0 Å². The maximum absolute atomic E-state index is 12.5. The molecule has 4 aromatic carbocycles. The highest BCUT2D eigenvalue weighted by atomic mass is 32.1. The molecule has 39 heavy (non-hydrogen) atoms. The summed E-state index contributed by atoms with van der Waals surface area (Å²) in [6, 6.07) is 24.8. The van der Waals surface area contributed by atoms with Crippen molar-refractivity contribution in [1.29, 1.82) is 0 Å². The van der Waals surface area contributed by atoms with Gasteiger partial charge in [-0.3, -0.25) is 20.2 Å². The fourth-order valence-corrected chi connectivity index (χ4v) is 7.53. The van der Waals surface area contributed by atoms with Crippen LogP contribution >= 0.6 is 22.7 Å². The largest absolute Gasteiger partial charge is 0.362 e. The van der Waals surface area contributed by atoms with Crippen LogP contribution in [0, 0.1) is 0 Å². The Bertz CT molecular complexity index is 1750. The van der Waals surface area contributed by atoms with Crippen LogP contribution in [0.4, 0.5) is 10.3 Å². The van der Waals surface area contributed by atoms with Crippen LogP contribution in [0.5, 0.6) is 0 Å². The zero-order chi connectivity index (χ0) is 26.1. The van der Waals surface area contributed by atoms with E-state index in [4.69, 9.17) is 4.74 Å². The summed E-state index contributed by atoms with van der Waals surface area (Å²) in [6.45, 7) is -0.513. The molecule has 7 nitrogen and oxygen atoms in total. The molecule has 2 heterocycles. The van der Waals surface area contributed by atoms with Gasteiger partial charge in [-0.25, -0.2) is 9.97 Å². The summed E-state index contributed by atoms with van der Waals surface area (Å²) in [5, 5.41) is 11.4. The van der Waals surface area contributed by atoms with Crippen molar-refractivity contribution in [2.45, 2.75) is 0 Å². The van der Waals surface area contributed by atoms with Crippen LogP contribution < -0.4 is 10.6 Å². The first-order valence-electron chi connectivity index (χ1n) is 12.4. The molecule has 0 radical (unpaired) electrons. The standard InChI is InChI=1S/C30H18N4O3S2/c35-21(31-29-33-25-17-9-1-5-15-7-3-11-19(23(15)17)27(25)38-29)13-37-14-22(36)32-30-34-26-18-10-2-6-16-8-4-12-20(24(16)18)28(26)39-30/h1-12H,13-14H2,(H,31,33,35)(H,32,34,36). The number of thiazole rings is 2. The van der Waals surface area contributed by atoms with E-state index in [1.807, 2.05) is 24.3 Å². The van der Waals surface area contributed by atoms with Crippen molar-refractivity contribution in [2.24, 2.45) is 0 Å². The van der Waals surface area contributed by atoms with E-state index in [0.29, 0.717) is 10.3 Å². The van der Waals surface area contributed by atoms with E-state index in [9.17, 15) is 9.59 Å². The second-order valence-corrected chi connectivity index (χ2v) is 11.4. The number of rotatable bonds is 6. The van der Waals surface area contributed by atoms with Crippen molar-refractivity contribution in [1.82, 2.24) is 9.97 Å². The normalized spacial score (nSPS) is 12.1. The summed E-state index contributed by atoms with van der Waals surface area (Å²) in [7, 11) is 0. The molecule has 9 heteroatoms. The van der Waals surface area contributed by atoms with Crippen LogP contribution in [0.2, 0.25) is 0 Å². The highest BCUT2D eigenvalue weighted by molar-refractivity contribution is 7.20. The summed E-state index contributed by atoms with van der Waals surface area (Å²) in [4.78, 5) is 36.4. The number of nitrogens with zero attached hydrogens (tertiary/aromatic N) is 2. The Morgan fingerprint density at radius 1 is 0.615 bits per heavy atom. The first kappa shape index (κ1) is 22.5. The molecular formula is C30H18N4O3S2. The smallest absolute Gasteiger partial charge is 0.252 e. The molecule has 0 saturated heterocycles. The number of nitrogens with one attached hydrogen (secondary N) is 2. The maximum atomic E-state index is 12.5. The van der Waals surface area contributed by atoms with Crippen molar-refractivity contribution in [2.75, 3.05) is 23.8 Å². The Hall–Kier alpha value is -4.44. The predicted octanol–water partition coefficient (Wildman–Crippen LogP) is 6.79. The van der Waals surface area contributed by atoms with Gasteiger partial charge >= 0.3 is 0 Å². The second-order valence-electron chi connectivity index (χ2n) is 9.40. The minimum atomic E-state index is -0.361. The summed E-state index contributed by atoms with van der Waals surface area (Å²) in [5.41, 5.74) is 6.20. The first-order chi connectivity index (χ1) is 19.1. The van der Waals surface area contributed by atoms with Crippen LogP contribution in [-0.4, -0.2) is 35.0 Å². The van der Waals surface area contributed by atoms with Crippen LogP contribution in [0.25, 0.3) is 64.9 Å². The molecule has 0 saturated carbocycles. The van der Waals surface area contributed by atoms with Crippen LogP contribution in [0.3, 0.4) is 0 Å². The Kier molecular flexibility index (Phi) is 4.93. The molecule has 0 aliphatic heterocycles. The van der Waals surface area contributed by atoms with E-state index in [1.165, 1.54) is 44.2 Å². The van der Waals surface area contributed by atoms with Gasteiger partial charge in [0, 0.05) is 22.3 Å². The van der Waals surface area contributed by atoms with Gasteiger partial charge in [0.05, 0.1) is 21.1 Å². The lowest BCUT2D eigenvalue weighted by Crippen LogP contribution is -2.23. The number of aromatic nitrogens is 2. The van der Waals surface area contributed by atoms with Crippen LogP contribution in [0.1, 0.15) is 0 Å². The minimum Gasteiger partial charge on any atom is -0.362 e. The molecule has 8 rings (SSSR count). The highest BCUT2D eigenvalue weighted by Gasteiger charge is 2.27. The Balaban J connectivity index is 0.894. The molecule has 0 unspecified atom stereocenters. The lowest BCUT2D eigenvalue weighted by molar-refractivity contribution is -0.125. The Morgan fingerprint density at radius 2 is 1.03 bits per heavy atom. The topological polar surface area (TPSA) is 93.2 Å². The van der Waals surface area contributed by atoms with Gasteiger partial charge in [-0.05, 0) is 21.5 Å². The molecule has 2 N–H and O–H groups in total. The number of ether oxygens (including phenoxy) is 1. The molecule has 0 fully saturated rings. The third kappa shape index (κ3) is 3.51. The third-order valence-electron chi connectivity index (χ3n) is 7.02. The number of fused-ring (bicyclic) bond motifs is 6. The SMILES string of the molecule is O=C(COCC(=O)Nc1nc2c(s1)-c1cccc3cccc-2c13)Nc1nc2c(s1)-c1cccc3cccc-2c13. The summed E-state index contributed by atoms with van der Waals surface area (Å²) < 4.78 is 5.39. The third-order valence-corrected chi connectivity index (χ3v) is 9.03. The number of benzene rings is 4. The molecular weight excluding hydrogens is 528 g/mol. The number of carbonyl (C=O) groups excluding carboxylic acids is 2. The molecule has 0 spiro atoms. The molecule has 0 atom stereocenters. The number of hydrogen-bond acceptors (Lipinski definition) is 7. The van der Waals surface area contributed by atoms with E-state index < -0.39 is 0 Å². The minimum absolute atomic E-state index is 0.256. The number of anilines is 2. The van der Waals surface area contributed by atoms with E-state index in [0.717, 1.165) is 43.4 Å². The average Bonchev–Trinajstić information content (AvgIpc) is 3.68. The van der Waals surface area contributed by atoms with Gasteiger partial charge in [-0.15, -0.1) is 0 Å². The van der Waals surface area contributed by atoms with Gasteiger partial charge in [0.15, 0.2) is 10.3 Å². The molecule has 2 aliphatic rings. The van der Waals surface area contributed by atoms with Crippen molar-refractivity contribution in [3.8, 4) is 43.4 Å². The van der Waals surface area contributed by atoms with Gasteiger partial charge in [0.1, 0.15) is 13.2 Å². The van der Waals surface area contributed by atoms with Crippen molar-refractivity contribution in [3.63, 3.8) is 0 Å². The second kappa shape index (κ2) is 8.54. The average molecular weight is 547 g/mol. The fraction of sp³-hybridized carbons (Fsp3) is 0.0667. The molecule has 188 valence electrons. The van der Waals surface area contributed by atoms with E-state index in [-0.39, 0.29) is 25.0 Å². The van der Waals surface area contributed by atoms with Gasteiger partial charge < -0.3 is 4.74 Å². The molecule has 2 aromatic heterocycles. The lowest BCUT2D eigenvalue weighted by Gasteiger charge is -2.05. The maximum Gasteiger partial charge on any atom is 0.252 e. The number of amides is 2. The predicted molar refractivity (Wildman–Crippen MR) is 156 cm³/mol. The van der Waals surface area contributed by atoms with Crippen LogP contribution in [-0.2, 0) is 14.3 Å². The quantitative estimate of drug-likeness (QED) is 0.239. The monoisotopic (exact) mass is 546 g/mol. The summed E-state index contributed by atoms with van der Waals surface area (Å²) >= 11 is 2.88. The summed E-state index contributed by atoms with van der Waals surface area (Å²) in [5.74, 6) is -0.723. The number of carbonyl (C=O) groups is 2. The Morgan fingerprint density at radius 3 is 1.46 bits per heavy atom. The molecule has 2 amide bonds. The molecule has 0 bridgehead atoms. The summed E-state index contributed by atoms with van der Waals surface area (Å²) in [6.07, 6.45) is 0. The molecule has 2 aliphatic carbocycles. The van der Waals surface area contributed by atoms with Gasteiger partial charge in [-0.1, -0.05) is 95.5 Å². The van der Waals surface area contributed by atoms with Crippen molar-refractivity contribution in [3.05, 3.63) is 72.8 Å². The van der Waals surface area contributed by atoms with Crippen molar-refractivity contribution >= 4 is 66.3 Å². The van der Waals surface area contributed by atoms with Gasteiger partial charge in [0.25, 0.3) is 11.8 Å². The lowest BCUT2D eigenvalue weighted by atomic mass is 10.0. The fourth-order valence-electron chi connectivity index (χ4n) is 5.48.